The third kappa shape index (κ3) is 2.71. The fourth-order valence-electron chi connectivity index (χ4n) is 1.60. The van der Waals surface area contributed by atoms with Gasteiger partial charge in [0.1, 0.15) is 0 Å². The molecule has 0 bridgehead atoms. The molecule has 16 heavy (non-hydrogen) atoms. The molecule has 1 N–H and O–H groups in total. The summed E-state index contributed by atoms with van der Waals surface area (Å²) in [5.41, 5.74) is 1.59. The van der Waals surface area contributed by atoms with E-state index in [0.29, 0.717) is 6.61 Å². The van der Waals surface area contributed by atoms with Crippen molar-refractivity contribution >= 4 is 0 Å². The number of methoxy groups -OCH3 is 1. The van der Waals surface area contributed by atoms with Crippen molar-refractivity contribution in [2.75, 3.05) is 7.11 Å². The first kappa shape index (κ1) is 12.9. The molecule has 0 aliphatic heterocycles. The molecule has 0 saturated carbocycles. The Morgan fingerprint density at radius 3 is 2.62 bits per heavy atom. The van der Waals surface area contributed by atoms with Crippen molar-refractivity contribution in [1.82, 2.24) is 0 Å². The normalized spacial score (nSPS) is 13.5. The lowest BCUT2D eigenvalue weighted by Gasteiger charge is -2.28. The van der Waals surface area contributed by atoms with E-state index in [1.807, 2.05) is 38.1 Å². The summed E-state index contributed by atoms with van der Waals surface area (Å²) in [6, 6.07) is 7.79. The first-order chi connectivity index (χ1) is 7.53. The molecule has 0 saturated heterocycles. The van der Waals surface area contributed by atoms with Crippen molar-refractivity contribution in [3.05, 3.63) is 48.0 Å². The molecule has 1 rings (SSSR count). The van der Waals surface area contributed by atoms with E-state index in [2.05, 4.69) is 6.58 Å². The Labute approximate surface area is 97.6 Å². The van der Waals surface area contributed by atoms with Crippen LogP contribution in [0.5, 0.6) is 0 Å². The third-order valence-corrected chi connectivity index (χ3v) is 2.88. The Bertz CT molecular complexity index is 356. The molecule has 0 aliphatic rings. The zero-order chi connectivity index (χ0) is 12.2. The van der Waals surface area contributed by atoms with Gasteiger partial charge in [0.25, 0.3) is 0 Å². The van der Waals surface area contributed by atoms with Crippen molar-refractivity contribution in [3.8, 4) is 0 Å². The van der Waals surface area contributed by atoms with Crippen LogP contribution in [0, 0.1) is 5.41 Å². The molecule has 0 heterocycles. The molecule has 0 fully saturated rings. The van der Waals surface area contributed by atoms with Gasteiger partial charge in [0.05, 0.1) is 12.7 Å². The zero-order valence-corrected chi connectivity index (χ0v) is 10.2. The van der Waals surface area contributed by atoms with Gasteiger partial charge in [-0.05, 0) is 11.1 Å². The molecule has 0 aromatic heterocycles. The van der Waals surface area contributed by atoms with E-state index in [1.54, 1.807) is 13.2 Å². The van der Waals surface area contributed by atoms with Gasteiger partial charge in [-0.3, -0.25) is 0 Å². The van der Waals surface area contributed by atoms with Crippen LogP contribution in [0.15, 0.2) is 36.9 Å². The van der Waals surface area contributed by atoms with Gasteiger partial charge in [-0.15, -0.1) is 6.58 Å². The lowest BCUT2D eigenvalue weighted by atomic mass is 9.81. The van der Waals surface area contributed by atoms with Gasteiger partial charge in [0.2, 0.25) is 0 Å². The summed E-state index contributed by atoms with van der Waals surface area (Å²) in [4.78, 5) is 0. The molecule has 0 spiro atoms. The van der Waals surface area contributed by atoms with Gasteiger partial charge in [-0.1, -0.05) is 44.2 Å². The van der Waals surface area contributed by atoms with Gasteiger partial charge >= 0.3 is 0 Å². The summed E-state index contributed by atoms with van der Waals surface area (Å²) in [6.07, 6.45) is 1.22. The van der Waals surface area contributed by atoms with Crippen LogP contribution in [-0.2, 0) is 11.3 Å². The van der Waals surface area contributed by atoms with Crippen LogP contribution in [0.3, 0.4) is 0 Å². The predicted octanol–water partition coefficient (Wildman–Crippen LogP) is 3.08. The topological polar surface area (TPSA) is 29.5 Å². The number of aliphatic hydroxyl groups excluding tert-OH is 1. The Hall–Kier alpha value is -1.12. The third-order valence-electron chi connectivity index (χ3n) is 2.88. The number of ether oxygens (including phenoxy) is 1. The minimum Gasteiger partial charge on any atom is -0.388 e. The fourth-order valence-corrected chi connectivity index (χ4v) is 1.60. The Morgan fingerprint density at radius 1 is 1.44 bits per heavy atom. The van der Waals surface area contributed by atoms with Gasteiger partial charge < -0.3 is 9.84 Å². The van der Waals surface area contributed by atoms with Crippen LogP contribution in [0.1, 0.15) is 31.1 Å². The number of benzene rings is 1. The molecular formula is C14H20O2. The number of hydrogen-bond acceptors (Lipinski definition) is 2. The number of aliphatic hydroxyl groups is 1. The second-order valence-electron chi connectivity index (χ2n) is 4.56. The highest BCUT2D eigenvalue weighted by atomic mass is 16.5. The lowest BCUT2D eigenvalue weighted by molar-refractivity contribution is 0.0788. The maximum Gasteiger partial charge on any atom is 0.0878 e. The Kier molecular flexibility index (Phi) is 4.27. The summed E-state index contributed by atoms with van der Waals surface area (Å²) < 4.78 is 5.13. The van der Waals surface area contributed by atoms with E-state index in [1.165, 1.54) is 0 Å². The highest BCUT2D eigenvalue weighted by molar-refractivity contribution is 5.30. The summed E-state index contributed by atoms with van der Waals surface area (Å²) in [7, 11) is 1.65. The van der Waals surface area contributed by atoms with E-state index in [9.17, 15) is 5.11 Å². The van der Waals surface area contributed by atoms with E-state index in [4.69, 9.17) is 4.74 Å². The van der Waals surface area contributed by atoms with Gasteiger partial charge in [0, 0.05) is 12.5 Å². The summed E-state index contributed by atoms with van der Waals surface area (Å²) >= 11 is 0. The maximum absolute atomic E-state index is 10.3. The van der Waals surface area contributed by atoms with Crippen LogP contribution >= 0.6 is 0 Å². The quantitative estimate of drug-likeness (QED) is 0.773. The fraction of sp³-hybridized carbons (Fsp3) is 0.429. The molecule has 2 heteroatoms. The molecule has 0 aliphatic carbocycles. The molecular weight excluding hydrogens is 200 g/mol. The minimum absolute atomic E-state index is 0.343. The summed E-state index contributed by atoms with van der Waals surface area (Å²) in [6.45, 7) is 8.21. The summed E-state index contributed by atoms with van der Waals surface area (Å²) in [5, 5.41) is 10.3. The monoisotopic (exact) mass is 220 g/mol. The molecule has 0 radical (unpaired) electrons. The lowest BCUT2D eigenvalue weighted by Crippen LogP contribution is -2.20. The van der Waals surface area contributed by atoms with Gasteiger partial charge in [-0.25, -0.2) is 0 Å². The Balaban J connectivity index is 3.07. The predicted molar refractivity (Wildman–Crippen MR) is 66.1 cm³/mol. The molecule has 1 aromatic carbocycles. The van der Waals surface area contributed by atoms with Crippen LogP contribution in [0.4, 0.5) is 0 Å². The number of rotatable bonds is 5. The summed E-state index contributed by atoms with van der Waals surface area (Å²) in [5.74, 6) is 0. The molecule has 0 amide bonds. The van der Waals surface area contributed by atoms with Crippen molar-refractivity contribution < 1.29 is 9.84 Å². The average molecular weight is 220 g/mol. The maximum atomic E-state index is 10.3. The van der Waals surface area contributed by atoms with Crippen LogP contribution < -0.4 is 0 Å². The van der Waals surface area contributed by atoms with Crippen LogP contribution in [-0.4, -0.2) is 12.2 Å². The van der Waals surface area contributed by atoms with E-state index in [0.717, 1.165) is 11.1 Å². The molecule has 1 atom stereocenters. The first-order valence-electron chi connectivity index (χ1n) is 5.41. The van der Waals surface area contributed by atoms with Crippen LogP contribution in [0.25, 0.3) is 0 Å². The second-order valence-corrected chi connectivity index (χ2v) is 4.56. The highest BCUT2D eigenvalue weighted by Crippen LogP contribution is 2.35. The second kappa shape index (κ2) is 5.28. The highest BCUT2D eigenvalue weighted by Gasteiger charge is 2.27. The van der Waals surface area contributed by atoms with Gasteiger partial charge in [-0.2, -0.15) is 0 Å². The van der Waals surface area contributed by atoms with E-state index < -0.39 is 6.10 Å². The van der Waals surface area contributed by atoms with Crippen LogP contribution in [0.2, 0.25) is 0 Å². The van der Waals surface area contributed by atoms with Crippen molar-refractivity contribution in [3.63, 3.8) is 0 Å². The molecule has 1 unspecified atom stereocenters. The first-order valence-corrected chi connectivity index (χ1v) is 5.41. The van der Waals surface area contributed by atoms with E-state index in [-0.39, 0.29) is 5.41 Å². The molecule has 2 nitrogen and oxygen atoms in total. The van der Waals surface area contributed by atoms with Crippen molar-refractivity contribution in [2.24, 2.45) is 5.41 Å². The molecule has 1 aromatic rings. The standard InChI is InChI=1S/C14H20O2/c1-5-14(2,3)13(15)12-9-7-6-8-11(12)10-16-4/h5-9,13,15H,1,10H2,2-4H3. The van der Waals surface area contributed by atoms with Gasteiger partial charge in [0.15, 0.2) is 0 Å². The minimum atomic E-state index is -0.559. The number of hydrogen-bond donors (Lipinski definition) is 1. The van der Waals surface area contributed by atoms with Crippen molar-refractivity contribution in [1.29, 1.82) is 0 Å². The van der Waals surface area contributed by atoms with E-state index >= 15 is 0 Å². The average Bonchev–Trinajstić information content (AvgIpc) is 2.29. The van der Waals surface area contributed by atoms with Crippen molar-refractivity contribution in [2.45, 2.75) is 26.6 Å². The SMILES string of the molecule is C=CC(C)(C)C(O)c1ccccc1COC. The Morgan fingerprint density at radius 2 is 2.06 bits per heavy atom. The largest absolute Gasteiger partial charge is 0.388 e. The molecule has 88 valence electrons. The zero-order valence-electron chi connectivity index (χ0n) is 10.2. The smallest absolute Gasteiger partial charge is 0.0878 e.